The third-order valence-corrected chi connectivity index (χ3v) is 2.93. The number of unbranched alkanes of at least 4 members (excludes halogenated alkanes) is 1. The van der Waals surface area contributed by atoms with E-state index in [0.717, 1.165) is 36.4 Å². The molecule has 0 radical (unpaired) electrons. The minimum Gasteiger partial charge on any atom is -0.496 e. The molecular weight excluding hydrogens is 240 g/mol. The number of methoxy groups -OCH3 is 1. The van der Waals surface area contributed by atoms with Gasteiger partial charge in [-0.3, -0.25) is 0 Å². The van der Waals surface area contributed by atoms with Crippen LogP contribution in [0.5, 0.6) is 5.75 Å². The second kappa shape index (κ2) is 6.01. The second-order valence-corrected chi connectivity index (χ2v) is 4.18. The van der Waals surface area contributed by atoms with Crippen LogP contribution in [0.1, 0.15) is 25.5 Å². The summed E-state index contributed by atoms with van der Waals surface area (Å²) in [4.78, 5) is 0. The highest BCUT2D eigenvalue weighted by Gasteiger charge is 2.17. The van der Waals surface area contributed by atoms with Crippen molar-refractivity contribution in [1.29, 1.82) is 5.26 Å². The van der Waals surface area contributed by atoms with Crippen molar-refractivity contribution in [2.24, 2.45) is 0 Å². The molecule has 2 aromatic rings. The van der Waals surface area contributed by atoms with Crippen LogP contribution in [-0.4, -0.2) is 22.1 Å². The monoisotopic (exact) mass is 256 g/mol. The van der Waals surface area contributed by atoms with Gasteiger partial charge in [0.1, 0.15) is 17.5 Å². The summed E-state index contributed by atoms with van der Waals surface area (Å²) in [5, 5.41) is 17.2. The topological polar surface area (TPSA) is 63.7 Å². The number of aromatic nitrogens is 3. The highest BCUT2D eigenvalue weighted by Crippen LogP contribution is 2.31. The molecule has 98 valence electrons. The van der Waals surface area contributed by atoms with Gasteiger partial charge in [0.25, 0.3) is 0 Å². The molecule has 0 aliphatic heterocycles. The Bertz CT molecular complexity index is 598. The normalized spacial score (nSPS) is 10.2. The van der Waals surface area contributed by atoms with Gasteiger partial charge >= 0.3 is 0 Å². The fourth-order valence-corrected chi connectivity index (χ4v) is 1.96. The lowest BCUT2D eigenvalue weighted by molar-refractivity contribution is 0.415. The van der Waals surface area contributed by atoms with Gasteiger partial charge < -0.3 is 4.74 Å². The first-order valence-electron chi connectivity index (χ1n) is 6.28. The predicted molar refractivity (Wildman–Crippen MR) is 71.6 cm³/mol. The molecule has 0 aliphatic carbocycles. The summed E-state index contributed by atoms with van der Waals surface area (Å²) in [7, 11) is 1.62. The Morgan fingerprint density at radius 2 is 2.16 bits per heavy atom. The van der Waals surface area contributed by atoms with Crippen LogP contribution in [0.3, 0.4) is 0 Å². The van der Waals surface area contributed by atoms with Crippen molar-refractivity contribution < 1.29 is 4.74 Å². The molecule has 0 amide bonds. The van der Waals surface area contributed by atoms with Gasteiger partial charge in [0.05, 0.1) is 7.11 Å². The lowest BCUT2D eigenvalue weighted by Gasteiger charge is -2.10. The van der Waals surface area contributed by atoms with E-state index in [0.29, 0.717) is 5.69 Å². The lowest BCUT2D eigenvalue weighted by Crippen LogP contribution is -2.03. The van der Waals surface area contributed by atoms with Crippen LogP contribution in [0.25, 0.3) is 11.3 Å². The predicted octanol–water partition coefficient (Wildman–Crippen LogP) is 2.63. The van der Waals surface area contributed by atoms with E-state index in [9.17, 15) is 5.26 Å². The maximum Gasteiger partial charge on any atom is 0.190 e. The van der Waals surface area contributed by atoms with Crippen molar-refractivity contribution in [2.45, 2.75) is 26.3 Å². The molecule has 1 heterocycles. The van der Waals surface area contributed by atoms with E-state index >= 15 is 0 Å². The van der Waals surface area contributed by atoms with Crippen molar-refractivity contribution >= 4 is 0 Å². The van der Waals surface area contributed by atoms with Gasteiger partial charge in [0.15, 0.2) is 5.69 Å². The first-order chi connectivity index (χ1) is 9.31. The largest absolute Gasteiger partial charge is 0.496 e. The maximum absolute atomic E-state index is 9.18. The summed E-state index contributed by atoms with van der Waals surface area (Å²) in [5.41, 5.74) is 1.91. The smallest absolute Gasteiger partial charge is 0.190 e. The number of hydrogen-bond acceptors (Lipinski definition) is 4. The third-order valence-electron chi connectivity index (χ3n) is 2.93. The average molecular weight is 256 g/mol. The summed E-state index contributed by atoms with van der Waals surface area (Å²) >= 11 is 0. The van der Waals surface area contributed by atoms with Crippen LogP contribution in [0, 0.1) is 11.3 Å². The van der Waals surface area contributed by atoms with Crippen LogP contribution >= 0.6 is 0 Å². The third kappa shape index (κ3) is 2.58. The van der Waals surface area contributed by atoms with Gasteiger partial charge in [-0.05, 0) is 18.6 Å². The van der Waals surface area contributed by atoms with Gasteiger partial charge in [-0.15, -0.1) is 5.10 Å². The molecular formula is C14H16N4O. The first-order valence-corrected chi connectivity index (χ1v) is 6.28. The zero-order valence-corrected chi connectivity index (χ0v) is 11.1. The molecule has 2 rings (SSSR count). The van der Waals surface area contributed by atoms with Gasteiger partial charge in [-0.1, -0.05) is 30.7 Å². The fourth-order valence-electron chi connectivity index (χ4n) is 1.96. The van der Waals surface area contributed by atoms with Crippen LogP contribution < -0.4 is 4.74 Å². The average Bonchev–Trinajstić information content (AvgIpc) is 2.87. The highest BCUT2D eigenvalue weighted by atomic mass is 16.5. The van der Waals surface area contributed by atoms with E-state index in [1.54, 1.807) is 11.8 Å². The summed E-state index contributed by atoms with van der Waals surface area (Å²) in [5.74, 6) is 0.721. The van der Waals surface area contributed by atoms with E-state index < -0.39 is 0 Å². The van der Waals surface area contributed by atoms with Gasteiger partial charge in [0.2, 0.25) is 0 Å². The number of rotatable bonds is 5. The van der Waals surface area contributed by atoms with Crippen molar-refractivity contribution in [1.82, 2.24) is 15.0 Å². The molecule has 1 aromatic carbocycles. The Balaban J connectivity index is 2.53. The molecule has 0 N–H and O–H groups in total. The molecule has 0 saturated carbocycles. The van der Waals surface area contributed by atoms with Crippen LogP contribution in [0.2, 0.25) is 0 Å². The minimum atomic E-state index is 0.334. The SMILES string of the molecule is CCCCn1nnc(C#N)c1-c1ccccc1OC. The van der Waals surface area contributed by atoms with Crippen molar-refractivity contribution in [3.05, 3.63) is 30.0 Å². The zero-order valence-electron chi connectivity index (χ0n) is 11.1. The van der Waals surface area contributed by atoms with Crippen LogP contribution in [0.4, 0.5) is 0 Å². The van der Waals surface area contributed by atoms with E-state index in [4.69, 9.17) is 4.74 Å². The van der Waals surface area contributed by atoms with E-state index in [1.807, 2.05) is 24.3 Å². The molecule has 5 heteroatoms. The van der Waals surface area contributed by atoms with Crippen molar-refractivity contribution in [3.63, 3.8) is 0 Å². The molecule has 0 saturated heterocycles. The van der Waals surface area contributed by atoms with Gasteiger partial charge in [-0.2, -0.15) is 5.26 Å². The van der Waals surface area contributed by atoms with Crippen LogP contribution in [0.15, 0.2) is 24.3 Å². The van der Waals surface area contributed by atoms with E-state index in [2.05, 4.69) is 23.3 Å². The molecule has 0 unspecified atom stereocenters. The number of hydrogen-bond donors (Lipinski definition) is 0. The molecule has 0 aliphatic rings. The standard InChI is InChI=1S/C14H16N4O/c1-3-4-9-18-14(12(10-15)16-17-18)11-7-5-6-8-13(11)19-2/h5-8H,3-4,9H2,1-2H3. The molecule has 0 atom stereocenters. The number of aryl methyl sites for hydroxylation is 1. The molecule has 0 fully saturated rings. The number of nitrogens with zero attached hydrogens (tertiary/aromatic N) is 4. The van der Waals surface area contributed by atoms with E-state index in [1.165, 1.54) is 0 Å². The van der Waals surface area contributed by atoms with Gasteiger partial charge in [-0.25, -0.2) is 4.68 Å². The minimum absolute atomic E-state index is 0.334. The van der Waals surface area contributed by atoms with Crippen LogP contribution in [-0.2, 0) is 6.54 Å². The van der Waals surface area contributed by atoms with Crippen molar-refractivity contribution in [3.8, 4) is 23.1 Å². The molecule has 5 nitrogen and oxygen atoms in total. The van der Waals surface area contributed by atoms with Gasteiger partial charge in [0, 0.05) is 12.1 Å². The Labute approximate surface area is 112 Å². The lowest BCUT2D eigenvalue weighted by atomic mass is 10.1. The number of benzene rings is 1. The Morgan fingerprint density at radius 1 is 1.37 bits per heavy atom. The summed E-state index contributed by atoms with van der Waals surface area (Å²) in [6.07, 6.45) is 2.06. The maximum atomic E-state index is 9.18. The summed E-state index contributed by atoms with van der Waals surface area (Å²) < 4.78 is 7.13. The Hall–Kier alpha value is -2.35. The first kappa shape index (κ1) is 13.1. The van der Waals surface area contributed by atoms with Crippen molar-refractivity contribution in [2.75, 3.05) is 7.11 Å². The Kier molecular flexibility index (Phi) is 4.14. The molecule has 19 heavy (non-hydrogen) atoms. The quantitative estimate of drug-likeness (QED) is 0.825. The molecule has 1 aromatic heterocycles. The molecule has 0 bridgehead atoms. The zero-order chi connectivity index (χ0) is 13.7. The van der Waals surface area contributed by atoms with E-state index in [-0.39, 0.29) is 0 Å². The second-order valence-electron chi connectivity index (χ2n) is 4.18. The fraction of sp³-hybridized carbons (Fsp3) is 0.357. The molecule has 0 spiro atoms. The Morgan fingerprint density at radius 3 is 2.84 bits per heavy atom. The number of nitriles is 1. The number of para-hydroxylation sites is 1. The summed E-state index contributed by atoms with van der Waals surface area (Å²) in [6, 6.07) is 9.69. The highest BCUT2D eigenvalue weighted by molar-refractivity contribution is 5.71. The number of ether oxygens (including phenoxy) is 1. The summed E-state index contributed by atoms with van der Waals surface area (Å²) in [6.45, 7) is 2.86.